The zero-order valence-corrected chi connectivity index (χ0v) is 5.80. The molecule has 1 aliphatic carbocycles. The van der Waals surface area contributed by atoms with Gasteiger partial charge in [-0.1, -0.05) is 12.8 Å². The molecule has 0 amide bonds. The van der Waals surface area contributed by atoms with Gasteiger partial charge in [-0.25, -0.2) is 0 Å². The van der Waals surface area contributed by atoms with Crippen molar-refractivity contribution in [2.24, 2.45) is 11.7 Å². The molecule has 0 bridgehead atoms. The van der Waals surface area contributed by atoms with Gasteiger partial charge in [0.1, 0.15) is 6.02 Å². The van der Waals surface area contributed by atoms with Crippen molar-refractivity contribution in [3.63, 3.8) is 0 Å². The van der Waals surface area contributed by atoms with Crippen molar-refractivity contribution < 1.29 is 11.3 Å². The summed E-state index contributed by atoms with van der Waals surface area (Å²) < 4.78 is 13.9. The quantitative estimate of drug-likeness (QED) is 0.597. The molecular weight excluding hydrogens is 130 g/mol. The van der Waals surface area contributed by atoms with Crippen LogP contribution in [0.3, 0.4) is 0 Å². The first-order valence-electron chi connectivity index (χ1n) is 4.46. The van der Waals surface area contributed by atoms with Crippen molar-refractivity contribution in [3.05, 3.63) is 0 Å². The lowest BCUT2D eigenvalue weighted by molar-refractivity contribution is -0.139. The molecule has 0 aliphatic heterocycles. The van der Waals surface area contributed by atoms with Crippen molar-refractivity contribution in [2.75, 3.05) is 0 Å². The SMILES string of the molecule is [2H]OC(=O)[C@@]([2H])(N)C1CCCC1. The second-order valence-corrected chi connectivity index (χ2v) is 2.72. The van der Waals surface area contributed by atoms with E-state index in [1.165, 1.54) is 0 Å². The van der Waals surface area contributed by atoms with E-state index in [-0.39, 0.29) is 5.92 Å². The van der Waals surface area contributed by atoms with Crippen LogP contribution in [0.25, 0.3) is 1.43 Å². The summed E-state index contributed by atoms with van der Waals surface area (Å²) in [5.41, 5.74) is 5.45. The zero-order chi connectivity index (χ0) is 9.19. The summed E-state index contributed by atoms with van der Waals surface area (Å²) in [7, 11) is 0. The molecule has 3 heteroatoms. The Hall–Kier alpha value is -0.570. The molecule has 10 heavy (non-hydrogen) atoms. The molecule has 0 aromatic heterocycles. The average molecular weight is 145 g/mol. The molecule has 0 aromatic rings. The number of nitrogens with two attached hydrogens (primary N) is 1. The number of rotatable bonds is 2. The molecule has 1 atom stereocenters. The van der Waals surface area contributed by atoms with Crippen LogP contribution in [0.4, 0.5) is 0 Å². The lowest BCUT2D eigenvalue weighted by Crippen LogP contribution is -2.36. The molecular formula is C7H13NO2. The average Bonchev–Trinajstić information content (AvgIpc) is 2.55. The first-order valence-corrected chi connectivity index (χ1v) is 3.55. The van der Waals surface area contributed by atoms with Gasteiger partial charge in [-0.15, -0.1) is 0 Å². The van der Waals surface area contributed by atoms with Crippen LogP contribution in [0, 0.1) is 5.92 Å². The summed E-state index contributed by atoms with van der Waals surface area (Å²) in [6, 6.07) is -1.71. The lowest BCUT2D eigenvalue weighted by Gasteiger charge is -2.12. The van der Waals surface area contributed by atoms with Crippen molar-refractivity contribution >= 4 is 5.97 Å². The molecule has 1 aliphatic rings. The smallest absolute Gasteiger partial charge is 0.320 e. The number of hydrogen-bond acceptors (Lipinski definition) is 3. The Labute approximate surface area is 63.1 Å². The molecule has 0 unspecified atom stereocenters. The van der Waals surface area contributed by atoms with Crippen LogP contribution in [0.15, 0.2) is 0 Å². The molecule has 0 radical (unpaired) electrons. The van der Waals surface area contributed by atoms with Gasteiger partial charge in [-0.3, -0.25) is 4.79 Å². The first kappa shape index (κ1) is 5.13. The largest absolute Gasteiger partial charge is 0.480 e. The maximum atomic E-state index is 10.9. The Bertz CT molecular complexity index is 178. The van der Waals surface area contributed by atoms with E-state index in [4.69, 9.17) is 8.54 Å². The summed E-state index contributed by atoms with van der Waals surface area (Å²) in [5, 5.41) is 3.73. The van der Waals surface area contributed by atoms with Gasteiger partial charge in [-0.2, -0.15) is 0 Å². The highest BCUT2D eigenvalue weighted by atomic mass is 16.4. The topological polar surface area (TPSA) is 63.3 Å². The van der Waals surface area contributed by atoms with Crippen LogP contribution >= 0.6 is 0 Å². The standard InChI is InChI=1S/C7H13NO2/c8-6(7(9)10)5-3-1-2-4-5/h5-6H,1-4,8H2,(H,9,10)/t6-/m0/s1/i6D/hD. The first-order chi connectivity index (χ1) is 5.59. The maximum Gasteiger partial charge on any atom is 0.320 e. The fourth-order valence-corrected chi connectivity index (χ4v) is 1.40. The third-order valence-corrected chi connectivity index (χ3v) is 2.03. The van der Waals surface area contributed by atoms with Crippen LogP contribution in [-0.2, 0) is 4.79 Å². The summed E-state index contributed by atoms with van der Waals surface area (Å²) in [6.45, 7) is 0. The molecule has 0 saturated heterocycles. The van der Waals surface area contributed by atoms with Gasteiger partial charge in [0.15, 0.2) is 0 Å². The van der Waals surface area contributed by atoms with Crippen molar-refractivity contribution in [1.82, 2.24) is 0 Å². The summed E-state index contributed by atoms with van der Waals surface area (Å²) in [4.78, 5) is 10.9. The van der Waals surface area contributed by atoms with E-state index in [1.54, 1.807) is 0 Å². The lowest BCUT2D eigenvalue weighted by atomic mass is 9.99. The summed E-state index contributed by atoms with van der Waals surface area (Å²) >= 11 is 0. The third-order valence-electron chi connectivity index (χ3n) is 2.03. The van der Waals surface area contributed by atoms with Gasteiger partial charge in [0.2, 0.25) is 0 Å². The van der Waals surface area contributed by atoms with Crippen LogP contribution < -0.4 is 5.73 Å². The molecule has 0 heterocycles. The van der Waals surface area contributed by atoms with Crippen LogP contribution in [0.2, 0.25) is 0 Å². The van der Waals surface area contributed by atoms with Crippen LogP contribution in [0.1, 0.15) is 27.1 Å². The van der Waals surface area contributed by atoms with E-state index in [2.05, 4.69) is 5.11 Å². The Balaban J connectivity index is 2.62. The predicted octanol–water partition coefficient (Wildman–Crippen LogP) is 0.588. The second-order valence-electron chi connectivity index (χ2n) is 2.72. The van der Waals surface area contributed by atoms with Gasteiger partial charge in [0.05, 0.1) is 1.37 Å². The van der Waals surface area contributed by atoms with E-state index in [0.717, 1.165) is 25.7 Å². The van der Waals surface area contributed by atoms with Gasteiger partial charge >= 0.3 is 5.97 Å². The van der Waals surface area contributed by atoms with Crippen molar-refractivity contribution in [1.29, 1.82) is 1.43 Å². The van der Waals surface area contributed by atoms with E-state index in [0.29, 0.717) is 0 Å². The number of hydrogen-bond donors (Lipinski definition) is 2. The third kappa shape index (κ3) is 1.48. The minimum absolute atomic E-state index is 0.143. The molecule has 1 rings (SSSR count). The van der Waals surface area contributed by atoms with Gasteiger partial charge < -0.3 is 10.8 Å². The second kappa shape index (κ2) is 3.01. The van der Waals surface area contributed by atoms with Gasteiger partial charge in [0.25, 0.3) is 1.43 Å². The van der Waals surface area contributed by atoms with E-state index < -0.39 is 12.0 Å². The highest BCUT2D eigenvalue weighted by molar-refractivity contribution is 5.73. The molecule has 1 saturated carbocycles. The Morgan fingerprint density at radius 3 is 2.90 bits per heavy atom. The molecule has 0 spiro atoms. The monoisotopic (exact) mass is 145 g/mol. The van der Waals surface area contributed by atoms with Gasteiger partial charge in [0, 0.05) is 0 Å². The van der Waals surface area contributed by atoms with Crippen LogP contribution in [0.5, 0.6) is 0 Å². The number of carbonyl (C=O) groups is 1. The van der Waals surface area contributed by atoms with E-state index >= 15 is 0 Å². The molecule has 0 aromatic carbocycles. The number of carboxylic acids is 1. The number of carboxylic acid groups (broad SMARTS) is 1. The maximum absolute atomic E-state index is 10.9. The summed E-state index contributed by atoms with van der Waals surface area (Å²) in [6.07, 6.45) is 3.59. The van der Waals surface area contributed by atoms with Crippen molar-refractivity contribution in [2.45, 2.75) is 31.7 Å². The van der Waals surface area contributed by atoms with E-state index in [9.17, 15) is 4.79 Å². The Morgan fingerprint density at radius 1 is 1.80 bits per heavy atom. The Morgan fingerprint density at radius 2 is 2.40 bits per heavy atom. The van der Waals surface area contributed by atoms with E-state index in [1.807, 2.05) is 0 Å². The molecule has 3 nitrogen and oxygen atoms in total. The molecule has 58 valence electrons. The molecule has 1 fully saturated rings. The summed E-state index contributed by atoms with van der Waals surface area (Å²) in [5.74, 6) is -1.09. The zero-order valence-electron chi connectivity index (χ0n) is 7.80. The van der Waals surface area contributed by atoms with Crippen molar-refractivity contribution in [3.8, 4) is 0 Å². The van der Waals surface area contributed by atoms with Gasteiger partial charge in [-0.05, 0) is 18.8 Å². The highest BCUT2D eigenvalue weighted by Gasteiger charge is 2.26. The predicted molar refractivity (Wildman–Crippen MR) is 37.6 cm³/mol. The fraction of sp³-hybridized carbons (Fsp3) is 0.857. The highest BCUT2D eigenvalue weighted by Crippen LogP contribution is 2.26. The minimum Gasteiger partial charge on any atom is -0.480 e. The normalized spacial score (nSPS) is 28.5. The van der Waals surface area contributed by atoms with Crippen LogP contribution in [-0.4, -0.2) is 17.1 Å². The fourth-order valence-electron chi connectivity index (χ4n) is 1.40. The number of aliphatic carboxylic acids is 1. The Kier molecular flexibility index (Phi) is 1.55. The minimum atomic E-state index is -1.71. The molecule has 3 N–H and O–H groups in total.